The standard InChI is InChI=1S/C21H22N4O3S2/c1-11-12(2)29-19-16(11)20(27)25(9-10-28-4)21(24-19)30-13(3)17-22-15-8-6-5-7-14(15)18(26)23-17/h5-8,13H,9-10H2,1-4H3,(H,22,23,26)/t13-/m1/s1. The number of benzene rings is 1. The number of fused-ring (bicyclic) bond motifs is 2. The van der Waals surface area contributed by atoms with E-state index in [1.807, 2.05) is 39.0 Å². The van der Waals surface area contributed by atoms with Crippen LogP contribution in [0.4, 0.5) is 0 Å². The van der Waals surface area contributed by atoms with E-state index in [9.17, 15) is 9.59 Å². The Balaban J connectivity index is 1.79. The van der Waals surface area contributed by atoms with Crippen LogP contribution >= 0.6 is 23.1 Å². The fourth-order valence-corrected chi connectivity index (χ4v) is 5.35. The first kappa shape index (κ1) is 20.8. The van der Waals surface area contributed by atoms with Crippen LogP contribution in [0.25, 0.3) is 21.1 Å². The summed E-state index contributed by atoms with van der Waals surface area (Å²) in [6.07, 6.45) is 0. The van der Waals surface area contributed by atoms with E-state index in [1.54, 1.807) is 17.7 Å². The molecule has 30 heavy (non-hydrogen) atoms. The number of thioether (sulfide) groups is 1. The Hall–Kier alpha value is -2.49. The van der Waals surface area contributed by atoms with Crippen molar-refractivity contribution < 1.29 is 4.74 Å². The zero-order valence-corrected chi connectivity index (χ0v) is 18.8. The number of nitrogens with one attached hydrogen (secondary N) is 1. The van der Waals surface area contributed by atoms with Gasteiger partial charge in [0, 0.05) is 12.0 Å². The van der Waals surface area contributed by atoms with Gasteiger partial charge in [0.05, 0.1) is 34.7 Å². The number of aromatic nitrogens is 4. The highest BCUT2D eigenvalue weighted by Crippen LogP contribution is 2.34. The molecule has 0 aliphatic rings. The lowest BCUT2D eigenvalue weighted by Crippen LogP contribution is -2.25. The van der Waals surface area contributed by atoms with Gasteiger partial charge < -0.3 is 9.72 Å². The molecule has 0 aliphatic carbocycles. The Kier molecular flexibility index (Phi) is 5.77. The van der Waals surface area contributed by atoms with E-state index in [2.05, 4.69) is 9.97 Å². The molecule has 0 bridgehead atoms. The van der Waals surface area contributed by atoms with E-state index in [0.717, 1.165) is 15.3 Å². The number of H-pyrrole nitrogens is 1. The molecule has 0 radical (unpaired) electrons. The summed E-state index contributed by atoms with van der Waals surface area (Å²) >= 11 is 2.93. The van der Waals surface area contributed by atoms with E-state index in [1.165, 1.54) is 23.1 Å². The third-order valence-corrected chi connectivity index (χ3v) is 7.27. The number of thiophene rings is 1. The van der Waals surface area contributed by atoms with E-state index in [4.69, 9.17) is 9.72 Å². The average molecular weight is 443 g/mol. The summed E-state index contributed by atoms with van der Waals surface area (Å²) in [5, 5.41) is 1.61. The zero-order chi connectivity index (χ0) is 21.4. The summed E-state index contributed by atoms with van der Waals surface area (Å²) in [5.74, 6) is 0.551. The minimum atomic E-state index is -0.206. The monoisotopic (exact) mass is 442 g/mol. The lowest BCUT2D eigenvalue weighted by molar-refractivity contribution is 0.183. The minimum absolute atomic E-state index is 0.0615. The van der Waals surface area contributed by atoms with Gasteiger partial charge in [-0.25, -0.2) is 9.97 Å². The molecule has 0 saturated heterocycles. The van der Waals surface area contributed by atoms with Crippen molar-refractivity contribution in [1.82, 2.24) is 19.5 Å². The molecule has 0 saturated carbocycles. The van der Waals surface area contributed by atoms with E-state index in [-0.39, 0.29) is 16.4 Å². The van der Waals surface area contributed by atoms with Gasteiger partial charge in [-0.3, -0.25) is 14.2 Å². The van der Waals surface area contributed by atoms with Crippen molar-refractivity contribution >= 4 is 44.2 Å². The van der Waals surface area contributed by atoms with E-state index < -0.39 is 0 Å². The molecule has 0 amide bonds. The normalized spacial score (nSPS) is 12.7. The first-order chi connectivity index (χ1) is 14.4. The molecule has 156 valence electrons. The third kappa shape index (κ3) is 3.68. The van der Waals surface area contributed by atoms with E-state index in [0.29, 0.717) is 40.4 Å². The number of nitrogens with zero attached hydrogens (tertiary/aromatic N) is 3. The summed E-state index contributed by atoms with van der Waals surface area (Å²) in [5.41, 5.74) is 1.39. The van der Waals surface area contributed by atoms with Gasteiger partial charge in [0.25, 0.3) is 11.1 Å². The number of aromatic amines is 1. The maximum Gasteiger partial charge on any atom is 0.263 e. The Bertz CT molecular complexity index is 1360. The Labute approximate surface area is 181 Å². The summed E-state index contributed by atoms with van der Waals surface area (Å²) in [7, 11) is 1.61. The van der Waals surface area contributed by atoms with Crippen LogP contribution in [-0.4, -0.2) is 33.2 Å². The molecule has 1 N–H and O–H groups in total. The quantitative estimate of drug-likeness (QED) is 0.361. The van der Waals surface area contributed by atoms with Crippen LogP contribution in [0.3, 0.4) is 0 Å². The largest absolute Gasteiger partial charge is 0.383 e. The molecule has 1 atom stereocenters. The Morgan fingerprint density at radius 1 is 1.23 bits per heavy atom. The smallest absolute Gasteiger partial charge is 0.263 e. The van der Waals surface area contributed by atoms with Crippen LogP contribution in [0.1, 0.15) is 28.4 Å². The highest BCUT2D eigenvalue weighted by Gasteiger charge is 2.20. The highest BCUT2D eigenvalue weighted by atomic mass is 32.2. The predicted octanol–water partition coefficient (Wildman–Crippen LogP) is 3.81. The maximum atomic E-state index is 13.2. The fraction of sp³-hybridized carbons (Fsp3) is 0.333. The van der Waals surface area contributed by atoms with Crippen molar-refractivity contribution in [3.05, 3.63) is 61.2 Å². The summed E-state index contributed by atoms with van der Waals surface area (Å²) in [6, 6.07) is 7.25. The van der Waals surface area contributed by atoms with Crippen molar-refractivity contribution in [2.24, 2.45) is 0 Å². The molecule has 0 unspecified atom stereocenters. The van der Waals surface area contributed by atoms with Crippen molar-refractivity contribution in [3.8, 4) is 0 Å². The van der Waals surface area contributed by atoms with Crippen molar-refractivity contribution in [1.29, 1.82) is 0 Å². The van der Waals surface area contributed by atoms with Gasteiger partial charge in [0.2, 0.25) is 0 Å². The fourth-order valence-electron chi connectivity index (χ4n) is 3.29. The van der Waals surface area contributed by atoms with Crippen LogP contribution in [0, 0.1) is 13.8 Å². The van der Waals surface area contributed by atoms with Crippen LogP contribution in [-0.2, 0) is 11.3 Å². The zero-order valence-electron chi connectivity index (χ0n) is 17.2. The second-order valence-corrected chi connectivity index (χ2v) is 9.55. The number of rotatable bonds is 6. The van der Waals surface area contributed by atoms with Gasteiger partial charge in [-0.15, -0.1) is 11.3 Å². The first-order valence-electron chi connectivity index (χ1n) is 9.55. The lowest BCUT2D eigenvalue weighted by atomic mass is 10.2. The molecular formula is C21H22N4O3S2. The summed E-state index contributed by atoms with van der Waals surface area (Å²) < 4.78 is 6.86. The minimum Gasteiger partial charge on any atom is -0.383 e. The van der Waals surface area contributed by atoms with Gasteiger partial charge in [-0.05, 0) is 38.5 Å². The molecule has 0 fully saturated rings. The molecule has 9 heteroatoms. The number of hydrogen-bond donors (Lipinski definition) is 1. The molecule has 3 aromatic heterocycles. The average Bonchev–Trinajstić information content (AvgIpc) is 3.01. The molecule has 4 rings (SSSR count). The van der Waals surface area contributed by atoms with Crippen molar-refractivity contribution in [3.63, 3.8) is 0 Å². The molecule has 0 spiro atoms. The number of para-hydroxylation sites is 1. The molecule has 3 heterocycles. The van der Waals surface area contributed by atoms with Gasteiger partial charge in [0.1, 0.15) is 10.7 Å². The molecule has 7 nitrogen and oxygen atoms in total. The molecular weight excluding hydrogens is 420 g/mol. The molecule has 0 aliphatic heterocycles. The van der Waals surface area contributed by atoms with Gasteiger partial charge in [-0.1, -0.05) is 23.9 Å². The predicted molar refractivity (Wildman–Crippen MR) is 122 cm³/mol. The highest BCUT2D eigenvalue weighted by molar-refractivity contribution is 7.99. The van der Waals surface area contributed by atoms with Crippen molar-refractivity contribution in [2.45, 2.75) is 37.7 Å². The second kappa shape index (κ2) is 8.33. The third-order valence-electron chi connectivity index (χ3n) is 5.07. The number of aryl methyl sites for hydroxylation is 2. The SMILES string of the molecule is COCCn1c(S[C@H](C)c2nc3ccccc3c(=O)[nH]2)nc2sc(C)c(C)c2c1=O. The number of ether oxygens (including phenoxy) is 1. The first-order valence-corrected chi connectivity index (χ1v) is 11.3. The van der Waals surface area contributed by atoms with Crippen LogP contribution in [0.5, 0.6) is 0 Å². The van der Waals surface area contributed by atoms with E-state index >= 15 is 0 Å². The second-order valence-electron chi connectivity index (χ2n) is 7.04. The van der Waals surface area contributed by atoms with Crippen LogP contribution < -0.4 is 11.1 Å². The maximum absolute atomic E-state index is 13.2. The van der Waals surface area contributed by atoms with Crippen LogP contribution in [0.15, 0.2) is 39.0 Å². The summed E-state index contributed by atoms with van der Waals surface area (Å²) in [4.78, 5) is 39.8. The Morgan fingerprint density at radius 2 is 2.00 bits per heavy atom. The van der Waals surface area contributed by atoms with Gasteiger partial charge in [0.15, 0.2) is 5.16 Å². The lowest BCUT2D eigenvalue weighted by Gasteiger charge is -2.15. The molecule has 4 aromatic rings. The van der Waals surface area contributed by atoms with Crippen molar-refractivity contribution in [2.75, 3.05) is 13.7 Å². The topological polar surface area (TPSA) is 89.9 Å². The Morgan fingerprint density at radius 3 is 2.77 bits per heavy atom. The number of hydrogen-bond acceptors (Lipinski definition) is 7. The van der Waals surface area contributed by atoms with Gasteiger partial charge >= 0.3 is 0 Å². The number of methoxy groups -OCH3 is 1. The summed E-state index contributed by atoms with van der Waals surface area (Å²) in [6.45, 7) is 6.71. The molecule has 1 aromatic carbocycles. The van der Waals surface area contributed by atoms with Crippen LogP contribution in [0.2, 0.25) is 0 Å². The van der Waals surface area contributed by atoms with Gasteiger partial charge in [-0.2, -0.15) is 0 Å².